The summed E-state index contributed by atoms with van der Waals surface area (Å²) in [7, 11) is 3.39. The maximum atomic E-state index is 9.14. The van der Waals surface area contributed by atoms with Gasteiger partial charge in [0.15, 0.2) is 0 Å². The Kier molecular flexibility index (Phi) is 4.98. The van der Waals surface area contributed by atoms with Crippen molar-refractivity contribution in [3.63, 3.8) is 0 Å². The number of aliphatic hydroxyl groups is 1. The molecule has 0 saturated carbocycles. The van der Waals surface area contributed by atoms with Crippen molar-refractivity contribution in [2.45, 2.75) is 13.0 Å². The minimum Gasteiger partial charge on any atom is -0.510 e. The van der Waals surface area contributed by atoms with Crippen molar-refractivity contribution in [1.82, 2.24) is 5.32 Å². The van der Waals surface area contributed by atoms with Gasteiger partial charge in [-0.05, 0) is 20.0 Å². The monoisotopic (exact) mass is 145 g/mol. The second-order valence-corrected chi connectivity index (χ2v) is 2.00. The molecule has 0 bridgehead atoms. The number of ether oxygens (including phenoxy) is 1. The number of rotatable bonds is 4. The van der Waals surface area contributed by atoms with E-state index in [1.807, 2.05) is 7.05 Å². The molecule has 0 aliphatic carbocycles. The van der Waals surface area contributed by atoms with Crippen LogP contribution >= 0.6 is 0 Å². The van der Waals surface area contributed by atoms with Crippen molar-refractivity contribution in [3.8, 4) is 0 Å². The van der Waals surface area contributed by atoms with E-state index in [1.165, 1.54) is 0 Å². The summed E-state index contributed by atoms with van der Waals surface area (Å²) in [5, 5.41) is 12.1. The molecular formula is C7H15NO2. The van der Waals surface area contributed by atoms with Crippen LogP contribution in [0.4, 0.5) is 0 Å². The Bertz CT molecular complexity index is 112. The number of nitrogens with one attached hydrogen (secondary N) is 1. The molecule has 0 fully saturated rings. The number of hydrogen-bond donors (Lipinski definition) is 2. The molecule has 0 spiro atoms. The number of hydrogen-bond acceptors (Lipinski definition) is 3. The highest BCUT2D eigenvalue weighted by Gasteiger charge is 2.08. The lowest BCUT2D eigenvalue weighted by Gasteiger charge is -2.12. The lowest BCUT2D eigenvalue weighted by molar-refractivity contribution is 0.0940. The van der Waals surface area contributed by atoms with Crippen molar-refractivity contribution in [2.75, 3.05) is 20.7 Å². The molecule has 1 unspecified atom stereocenters. The number of likely N-dealkylation sites (N-methyl/N-ethyl adjacent to an activating group) is 1. The molecule has 0 aromatic rings. The molecular weight excluding hydrogens is 130 g/mol. The van der Waals surface area contributed by atoms with Crippen LogP contribution in [0.15, 0.2) is 11.8 Å². The normalized spacial score (nSPS) is 15.3. The molecule has 0 aromatic heterocycles. The highest BCUT2D eigenvalue weighted by atomic mass is 16.5. The first-order chi connectivity index (χ1) is 4.76. The van der Waals surface area contributed by atoms with Gasteiger partial charge in [-0.25, -0.2) is 0 Å². The van der Waals surface area contributed by atoms with E-state index < -0.39 is 0 Å². The van der Waals surface area contributed by atoms with Crippen LogP contribution in [-0.2, 0) is 4.74 Å². The van der Waals surface area contributed by atoms with Crippen molar-refractivity contribution < 1.29 is 9.84 Å². The van der Waals surface area contributed by atoms with Gasteiger partial charge >= 0.3 is 0 Å². The van der Waals surface area contributed by atoms with E-state index in [4.69, 9.17) is 9.84 Å². The summed E-state index contributed by atoms with van der Waals surface area (Å²) >= 11 is 0. The van der Waals surface area contributed by atoms with Gasteiger partial charge in [0.25, 0.3) is 0 Å². The van der Waals surface area contributed by atoms with Crippen LogP contribution in [0.5, 0.6) is 0 Å². The van der Waals surface area contributed by atoms with Gasteiger partial charge in [-0.3, -0.25) is 0 Å². The zero-order valence-corrected chi connectivity index (χ0v) is 6.72. The number of allylic oxidation sites excluding steroid dienone is 1. The lowest BCUT2D eigenvalue weighted by Crippen LogP contribution is -2.27. The highest BCUT2D eigenvalue weighted by Crippen LogP contribution is 1.99. The largest absolute Gasteiger partial charge is 0.510 e. The number of methoxy groups -OCH3 is 1. The average molecular weight is 145 g/mol. The third-order valence-electron chi connectivity index (χ3n) is 1.30. The SMILES string of the molecule is C/C=C(\O)C(CNC)OC. The molecule has 0 amide bonds. The minimum absolute atomic E-state index is 0.213. The maximum absolute atomic E-state index is 9.14. The topological polar surface area (TPSA) is 41.5 Å². The van der Waals surface area contributed by atoms with E-state index in [2.05, 4.69) is 5.32 Å². The van der Waals surface area contributed by atoms with Gasteiger partial charge in [0, 0.05) is 13.7 Å². The second kappa shape index (κ2) is 5.26. The predicted octanol–water partition coefficient (Wildman–Crippen LogP) is 0.683. The summed E-state index contributed by atoms with van der Waals surface area (Å²) in [5.41, 5.74) is 0. The molecule has 0 radical (unpaired) electrons. The van der Waals surface area contributed by atoms with Gasteiger partial charge in [0.1, 0.15) is 11.9 Å². The van der Waals surface area contributed by atoms with E-state index in [-0.39, 0.29) is 11.9 Å². The quantitative estimate of drug-likeness (QED) is 0.572. The van der Waals surface area contributed by atoms with E-state index in [0.29, 0.717) is 6.54 Å². The van der Waals surface area contributed by atoms with Gasteiger partial charge in [0.2, 0.25) is 0 Å². The smallest absolute Gasteiger partial charge is 0.126 e. The fourth-order valence-corrected chi connectivity index (χ4v) is 0.680. The Morgan fingerprint density at radius 3 is 2.70 bits per heavy atom. The van der Waals surface area contributed by atoms with E-state index in [9.17, 15) is 0 Å². The Morgan fingerprint density at radius 2 is 2.40 bits per heavy atom. The van der Waals surface area contributed by atoms with Crippen LogP contribution in [0, 0.1) is 0 Å². The summed E-state index contributed by atoms with van der Waals surface area (Å²) < 4.78 is 4.96. The zero-order valence-electron chi connectivity index (χ0n) is 6.72. The summed E-state index contributed by atoms with van der Waals surface area (Å²) in [6.45, 7) is 2.41. The molecule has 3 heteroatoms. The lowest BCUT2D eigenvalue weighted by atomic mass is 10.3. The van der Waals surface area contributed by atoms with Gasteiger partial charge < -0.3 is 15.2 Å². The molecule has 60 valence electrons. The molecule has 2 N–H and O–H groups in total. The van der Waals surface area contributed by atoms with E-state index in [0.717, 1.165) is 0 Å². The summed E-state index contributed by atoms with van der Waals surface area (Å²) in [4.78, 5) is 0. The second-order valence-electron chi connectivity index (χ2n) is 2.00. The summed E-state index contributed by atoms with van der Waals surface area (Å²) in [6.07, 6.45) is 1.42. The predicted molar refractivity (Wildman–Crippen MR) is 41.1 cm³/mol. The molecule has 0 aromatic carbocycles. The average Bonchev–Trinajstić information content (AvgIpc) is 1.99. The Balaban J connectivity index is 3.80. The fraction of sp³-hybridized carbons (Fsp3) is 0.714. The van der Waals surface area contributed by atoms with Gasteiger partial charge in [0.05, 0.1) is 0 Å². The first-order valence-electron chi connectivity index (χ1n) is 3.28. The van der Waals surface area contributed by atoms with E-state index in [1.54, 1.807) is 20.1 Å². The molecule has 0 rings (SSSR count). The first kappa shape index (κ1) is 9.46. The Hall–Kier alpha value is -0.540. The Labute approximate surface area is 61.7 Å². The minimum atomic E-state index is -0.213. The van der Waals surface area contributed by atoms with Crippen molar-refractivity contribution in [3.05, 3.63) is 11.8 Å². The van der Waals surface area contributed by atoms with Crippen LogP contribution in [0.1, 0.15) is 6.92 Å². The molecule has 3 nitrogen and oxygen atoms in total. The van der Waals surface area contributed by atoms with Gasteiger partial charge in [-0.1, -0.05) is 0 Å². The van der Waals surface area contributed by atoms with Crippen molar-refractivity contribution in [1.29, 1.82) is 0 Å². The molecule has 0 saturated heterocycles. The zero-order chi connectivity index (χ0) is 7.98. The standard InChI is InChI=1S/C7H15NO2/c1-4-6(9)7(10-3)5-8-2/h4,7-9H,5H2,1-3H3/b6-4-. The van der Waals surface area contributed by atoms with Crippen molar-refractivity contribution in [2.24, 2.45) is 0 Å². The van der Waals surface area contributed by atoms with E-state index >= 15 is 0 Å². The van der Waals surface area contributed by atoms with Gasteiger partial charge in [-0.2, -0.15) is 0 Å². The highest BCUT2D eigenvalue weighted by molar-refractivity contribution is 4.96. The summed E-state index contributed by atoms with van der Waals surface area (Å²) in [5.74, 6) is 0.275. The van der Waals surface area contributed by atoms with Crippen LogP contribution in [0.3, 0.4) is 0 Å². The first-order valence-corrected chi connectivity index (χ1v) is 3.28. The molecule has 0 aliphatic rings. The van der Waals surface area contributed by atoms with Crippen LogP contribution in [-0.4, -0.2) is 31.9 Å². The van der Waals surface area contributed by atoms with Crippen LogP contribution in [0.25, 0.3) is 0 Å². The molecule has 10 heavy (non-hydrogen) atoms. The van der Waals surface area contributed by atoms with Crippen LogP contribution in [0.2, 0.25) is 0 Å². The molecule has 1 atom stereocenters. The van der Waals surface area contributed by atoms with Crippen LogP contribution < -0.4 is 5.32 Å². The number of aliphatic hydroxyl groups excluding tert-OH is 1. The summed E-state index contributed by atoms with van der Waals surface area (Å²) in [6, 6.07) is 0. The Morgan fingerprint density at radius 1 is 1.80 bits per heavy atom. The van der Waals surface area contributed by atoms with Gasteiger partial charge in [-0.15, -0.1) is 0 Å². The van der Waals surface area contributed by atoms with Crippen molar-refractivity contribution >= 4 is 0 Å². The third kappa shape index (κ3) is 2.85. The molecule has 0 heterocycles. The maximum Gasteiger partial charge on any atom is 0.126 e. The third-order valence-corrected chi connectivity index (χ3v) is 1.30. The molecule has 0 aliphatic heterocycles. The fourth-order valence-electron chi connectivity index (χ4n) is 0.680.